The molecule has 0 aliphatic heterocycles. The van der Waals surface area contributed by atoms with E-state index in [1.54, 1.807) is 6.07 Å². The highest BCUT2D eigenvalue weighted by Crippen LogP contribution is 2.36. The Bertz CT molecular complexity index is 570. The molecule has 7 heteroatoms. The summed E-state index contributed by atoms with van der Waals surface area (Å²) in [6.07, 6.45) is 0.479. The number of hydrazine groups is 1. The van der Waals surface area contributed by atoms with E-state index in [1.807, 2.05) is 6.07 Å². The van der Waals surface area contributed by atoms with Gasteiger partial charge in [0.15, 0.2) is 11.6 Å². The van der Waals surface area contributed by atoms with E-state index in [4.69, 9.17) is 5.84 Å². The normalized spacial score (nSPS) is 12.7. The molecule has 19 heavy (non-hydrogen) atoms. The first-order valence-electron chi connectivity index (χ1n) is 5.36. The van der Waals surface area contributed by atoms with Crippen molar-refractivity contribution in [1.82, 2.24) is 5.43 Å². The quantitative estimate of drug-likeness (QED) is 0.581. The van der Waals surface area contributed by atoms with Gasteiger partial charge in [-0.15, -0.1) is 11.3 Å². The maximum absolute atomic E-state index is 13.2. The highest BCUT2D eigenvalue weighted by Gasteiger charge is 2.16. The molecule has 2 nitrogen and oxygen atoms in total. The number of hydrogen-bond acceptors (Lipinski definition) is 3. The second-order valence-corrected chi connectivity index (χ2v) is 7.20. The molecule has 3 N–H and O–H groups in total. The monoisotopic (exact) mass is 410 g/mol. The van der Waals surface area contributed by atoms with Gasteiger partial charge in [0.2, 0.25) is 0 Å². The van der Waals surface area contributed by atoms with E-state index in [9.17, 15) is 8.78 Å². The Balaban J connectivity index is 2.21. The standard InChI is InChI=1S/C12H10Br2F2N2S/c13-7-5-11(19-12(7)14)10(18-17)4-6-1-2-8(15)9(16)3-6/h1-3,5,10,18H,4,17H2. The van der Waals surface area contributed by atoms with Crippen LogP contribution in [0.2, 0.25) is 0 Å². The maximum Gasteiger partial charge on any atom is 0.159 e. The fourth-order valence-electron chi connectivity index (χ4n) is 1.68. The molecule has 0 fully saturated rings. The van der Waals surface area contributed by atoms with Crippen molar-refractivity contribution in [2.24, 2.45) is 5.84 Å². The highest BCUT2D eigenvalue weighted by atomic mass is 79.9. The van der Waals surface area contributed by atoms with Gasteiger partial charge in [-0.25, -0.2) is 8.78 Å². The molecule has 102 valence electrons. The van der Waals surface area contributed by atoms with Crippen LogP contribution in [0.4, 0.5) is 8.78 Å². The number of hydrogen-bond donors (Lipinski definition) is 2. The number of nitrogens with one attached hydrogen (secondary N) is 1. The number of rotatable bonds is 4. The molecule has 1 aromatic carbocycles. The smallest absolute Gasteiger partial charge is 0.159 e. The van der Waals surface area contributed by atoms with Crippen molar-refractivity contribution in [2.75, 3.05) is 0 Å². The molecule has 1 heterocycles. The Hall–Kier alpha value is -0.340. The molecule has 2 aromatic rings. The molecule has 0 radical (unpaired) electrons. The SMILES string of the molecule is NNC(Cc1ccc(F)c(F)c1)c1cc(Br)c(Br)s1. The Labute approximate surface area is 130 Å². The van der Waals surface area contributed by atoms with Gasteiger partial charge in [-0.2, -0.15) is 0 Å². The number of thiophene rings is 1. The summed E-state index contributed by atoms with van der Waals surface area (Å²) in [4.78, 5) is 1.01. The predicted molar refractivity (Wildman–Crippen MR) is 79.8 cm³/mol. The van der Waals surface area contributed by atoms with E-state index >= 15 is 0 Å². The van der Waals surface area contributed by atoms with Gasteiger partial charge >= 0.3 is 0 Å². The van der Waals surface area contributed by atoms with Crippen LogP contribution in [-0.4, -0.2) is 0 Å². The van der Waals surface area contributed by atoms with Crippen molar-refractivity contribution in [3.8, 4) is 0 Å². The van der Waals surface area contributed by atoms with Crippen LogP contribution in [0.25, 0.3) is 0 Å². The molecule has 2 rings (SSSR count). The summed E-state index contributed by atoms with van der Waals surface area (Å²) in [6, 6.07) is 5.66. The second kappa shape index (κ2) is 6.41. The van der Waals surface area contributed by atoms with Gasteiger partial charge in [0.25, 0.3) is 0 Å². The summed E-state index contributed by atoms with van der Waals surface area (Å²) < 4.78 is 27.9. The lowest BCUT2D eigenvalue weighted by atomic mass is 10.0. The van der Waals surface area contributed by atoms with Crippen molar-refractivity contribution >= 4 is 43.2 Å². The molecule has 0 spiro atoms. The zero-order valence-corrected chi connectivity index (χ0v) is 13.6. The van der Waals surface area contributed by atoms with Gasteiger partial charge in [-0.05, 0) is 62.0 Å². The third-order valence-electron chi connectivity index (χ3n) is 2.63. The topological polar surface area (TPSA) is 38.0 Å². The molecule has 1 aromatic heterocycles. The summed E-state index contributed by atoms with van der Waals surface area (Å²) in [5.41, 5.74) is 3.38. The molecule has 0 saturated carbocycles. The molecule has 0 bridgehead atoms. The molecule has 1 atom stereocenters. The summed E-state index contributed by atoms with van der Waals surface area (Å²) in [6.45, 7) is 0. The fourth-order valence-corrected chi connectivity index (χ4v) is 3.83. The lowest BCUT2D eigenvalue weighted by molar-refractivity contribution is 0.503. The minimum Gasteiger partial charge on any atom is -0.271 e. The van der Waals surface area contributed by atoms with Crippen LogP contribution in [0.15, 0.2) is 32.5 Å². The lowest BCUT2D eigenvalue weighted by Crippen LogP contribution is -2.29. The first-order chi connectivity index (χ1) is 9.01. The average Bonchev–Trinajstić information content (AvgIpc) is 2.71. The van der Waals surface area contributed by atoms with Crippen LogP contribution in [0.5, 0.6) is 0 Å². The van der Waals surface area contributed by atoms with Crippen LogP contribution in [0.1, 0.15) is 16.5 Å². The van der Waals surface area contributed by atoms with Gasteiger partial charge in [0.1, 0.15) is 0 Å². The number of halogens is 4. The number of nitrogens with two attached hydrogens (primary N) is 1. The van der Waals surface area contributed by atoms with Gasteiger partial charge in [0, 0.05) is 9.35 Å². The molecule has 0 aliphatic rings. The number of benzene rings is 1. The van der Waals surface area contributed by atoms with Crippen molar-refractivity contribution < 1.29 is 8.78 Å². The Morgan fingerprint density at radius 1 is 1.21 bits per heavy atom. The van der Waals surface area contributed by atoms with Crippen LogP contribution < -0.4 is 11.3 Å². The first kappa shape index (κ1) is 15.1. The second-order valence-electron chi connectivity index (χ2n) is 3.94. The summed E-state index contributed by atoms with van der Waals surface area (Å²) in [5.74, 6) is 3.85. The molecule has 1 unspecified atom stereocenters. The van der Waals surface area contributed by atoms with E-state index in [0.717, 1.165) is 19.2 Å². The average molecular weight is 412 g/mol. The van der Waals surface area contributed by atoms with Gasteiger partial charge in [0.05, 0.1) is 9.83 Å². The summed E-state index contributed by atoms with van der Waals surface area (Å²) in [7, 11) is 0. The Morgan fingerprint density at radius 2 is 1.95 bits per heavy atom. The van der Waals surface area contributed by atoms with Gasteiger partial charge in [-0.1, -0.05) is 6.07 Å². The Kier molecular flexibility index (Phi) is 5.08. The predicted octanol–water partition coefficient (Wildman–Crippen LogP) is 4.30. The minimum atomic E-state index is -0.846. The van der Waals surface area contributed by atoms with E-state index in [-0.39, 0.29) is 6.04 Å². The van der Waals surface area contributed by atoms with E-state index in [2.05, 4.69) is 37.3 Å². The molecule has 0 saturated heterocycles. The zero-order valence-electron chi connectivity index (χ0n) is 9.59. The minimum absolute atomic E-state index is 0.155. The molecule has 0 amide bonds. The van der Waals surface area contributed by atoms with Crippen LogP contribution in [-0.2, 0) is 6.42 Å². The van der Waals surface area contributed by atoms with Crippen LogP contribution in [0, 0.1) is 11.6 Å². The first-order valence-corrected chi connectivity index (χ1v) is 7.76. The Morgan fingerprint density at radius 3 is 2.47 bits per heavy atom. The zero-order chi connectivity index (χ0) is 14.0. The van der Waals surface area contributed by atoms with E-state index in [1.165, 1.54) is 17.4 Å². The molecule has 0 aliphatic carbocycles. The van der Waals surface area contributed by atoms with Crippen molar-refractivity contribution in [3.05, 3.63) is 54.6 Å². The fraction of sp³-hybridized carbons (Fsp3) is 0.167. The van der Waals surface area contributed by atoms with Crippen molar-refractivity contribution in [1.29, 1.82) is 0 Å². The highest BCUT2D eigenvalue weighted by molar-refractivity contribution is 9.13. The van der Waals surface area contributed by atoms with Gasteiger partial charge < -0.3 is 0 Å². The molecular formula is C12H10Br2F2N2S. The maximum atomic E-state index is 13.2. The van der Waals surface area contributed by atoms with Crippen molar-refractivity contribution in [2.45, 2.75) is 12.5 Å². The molecular weight excluding hydrogens is 402 g/mol. The summed E-state index contributed by atoms with van der Waals surface area (Å²) in [5, 5.41) is 0. The summed E-state index contributed by atoms with van der Waals surface area (Å²) >= 11 is 8.35. The van der Waals surface area contributed by atoms with Crippen molar-refractivity contribution in [3.63, 3.8) is 0 Å². The largest absolute Gasteiger partial charge is 0.271 e. The van der Waals surface area contributed by atoms with Crippen LogP contribution >= 0.6 is 43.2 Å². The van der Waals surface area contributed by atoms with E-state index < -0.39 is 11.6 Å². The van der Waals surface area contributed by atoms with E-state index in [0.29, 0.717) is 12.0 Å². The third-order valence-corrected chi connectivity index (χ3v) is 6.00. The van der Waals surface area contributed by atoms with Gasteiger partial charge in [-0.3, -0.25) is 11.3 Å². The lowest BCUT2D eigenvalue weighted by Gasteiger charge is -2.14. The third kappa shape index (κ3) is 3.61. The van der Waals surface area contributed by atoms with Crippen LogP contribution in [0.3, 0.4) is 0 Å².